The lowest BCUT2D eigenvalue weighted by atomic mass is 10.0. The summed E-state index contributed by atoms with van der Waals surface area (Å²) in [5, 5.41) is 0. The summed E-state index contributed by atoms with van der Waals surface area (Å²) >= 11 is 0. The molecular weight excluding hydrogens is 753 g/mol. The molecule has 0 aliphatic rings. The third kappa shape index (κ3) is 57.2. The van der Waals surface area contributed by atoms with Gasteiger partial charge < -0.3 is 4.74 Å². The summed E-state index contributed by atoms with van der Waals surface area (Å²) in [6.45, 7) is 7.62. The van der Waals surface area contributed by atoms with Gasteiger partial charge in [-0.2, -0.15) is 0 Å². The van der Waals surface area contributed by atoms with E-state index < -0.39 is 0 Å². The number of ether oxygens (including phenoxy) is 1. The average molecular weight is 872 g/mol. The van der Waals surface area contributed by atoms with Crippen molar-refractivity contribution in [2.75, 3.05) is 6.61 Å². The zero-order valence-corrected chi connectivity index (χ0v) is 43.5. The number of carbonyl (C=O) groups excluding carboxylic acids is 1. The van der Waals surface area contributed by atoms with Gasteiger partial charge in [-0.25, -0.2) is 0 Å². The van der Waals surface area contributed by atoms with Crippen molar-refractivity contribution in [2.24, 2.45) is 5.92 Å². The highest BCUT2D eigenvalue weighted by Gasteiger charge is 2.03. The van der Waals surface area contributed by atoms with Gasteiger partial charge in [0.15, 0.2) is 0 Å². The molecule has 2 nitrogen and oxygen atoms in total. The Balaban J connectivity index is 3.15. The quantitative estimate of drug-likeness (QED) is 0.0346. The normalized spacial score (nSPS) is 11.8. The van der Waals surface area contributed by atoms with Crippen molar-refractivity contribution >= 4 is 5.97 Å². The number of esters is 1. The molecule has 0 aliphatic heterocycles. The van der Waals surface area contributed by atoms with Crippen molar-refractivity contribution < 1.29 is 9.53 Å². The van der Waals surface area contributed by atoms with E-state index in [2.05, 4.69) is 32.9 Å². The molecule has 0 aromatic rings. The minimum Gasteiger partial charge on any atom is -0.466 e. The lowest BCUT2D eigenvalue weighted by molar-refractivity contribution is -0.143. The third-order valence-corrected chi connectivity index (χ3v) is 13.8. The Morgan fingerprint density at radius 1 is 0.323 bits per heavy atom. The number of unbranched alkanes of at least 4 members (excludes halogenated alkanes) is 47. The summed E-state index contributed by atoms with van der Waals surface area (Å²) in [5.41, 5.74) is 0. The highest BCUT2D eigenvalue weighted by Crippen LogP contribution is 2.18. The molecule has 0 saturated carbocycles. The van der Waals surface area contributed by atoms with Crippen LogP contribution in [0.25, 0.3) is 0 Å². The third-order valence-electron chi connectivity index (χ3n) is 13.8. The van der Waals surface area contributed by atoms with E-state index in [1.165, 1.54) is 315 Å². The van der Waals surface area contributed by atoms with E-state index in [4.69, 9.17) is 4.74 Å². The van der Waals surface area contributed by atoms with E-state index in [1.54, 1.807) is 0 Å². The van der Waals surface area contributed by atoms with Crippen molar-refractivity contribution in [1.82, 2.24) is 0 Å². The summed E-state index contributed by atoms with van der Waals surface area (Å²) in [4.78, 5) is 12.1. The fourth-order valence-corrected chi connectivity index (χ4v) is 9.44. The Kier molecular flexibility index (Phi) is 55.6. The van der Waals surface area contributed by atoms with Gasteiger partial charge in [-0.3, -0.25) is 4.79 Å². The fraction of sp³-hybridized carbons (Fsp3) is 0.950. The first kappa shape index (κ1) is 61.2. The predicted octanol–water partition coefficient (Wildman–Crippen LogP) is 22.0. The second-order valence-corrected chi connectivity index (χ2v) is 20.8. The Morgan fingerprint density at radius 2 is 0.565 bits per heavy atom. The highest BCUT2D eigenvalue weighted by atomic mass is 16.5. The summed E-state index contributed by atoms with van der Waals surface area (Å²) < 4.78 is 5.51. The Bertz CT molecular complexity index is 831. The largest absolute Gasteiger partial charge is 0.466 e. The maximum Gasteiger partial charge on any atom is 0.305 e. The van der Waals surface area contributed by atoms with Crippen LogP contribution in [-0.2, 0) is 9.53 Å². The second-order valence-electron chi connectivity index (χ2n) is 20.8. The molecule has 0 aromatic heterocycles. The monoisotopic (exact) mass is 871 g/mol. The van der Waals surface area contributed by atoms with Gasteiger partial charge in [-0.1, -0.05) is 322 Å². The maximum atomic E-state index is 12.1. The molecule has 0 saturated heterocycles. The van der Waals surface area contributed by atoms with E-state index in [9.17, 15) is 4.79 Å². The lowest BCUT2D eigenvalue weighted by Gasteiger charge is -2.06. The van der Waals surface area contributed by atoms with Crippen molar-refractivity contribution in [1.29, 1.82) is 0 Å². The van der Waals surface area contributed by atoms with Gasteiger partial charge in [0.2, 0.25) is 0 Å². The van der Waals surface area contributed by atoms with Crippen molar-refractivity contribution in [3.63, 3.8) is 0 Å². The molecule has 0 radical (unpaired) electrons. The minimum atomic E-state index is 0.0315. The standard InChI is InChI=1S/C60H118O2/c1-4-5-6-7-8-9-10-11-12-13-14-26-30-33-36-39-42-45-48-51-54-57-60(61)62-58-55-52-49-46-43-40-37-34-31-28-25-23-21-19-17-15-16-18-20-22-24-27-29-32-35-38-41-44-47-50-53-56-59(2)3/h11-12,59H,4-10,13-58H2,1-3H3. The molecule has 0 aromatic carbocycles. The summed E-state index contributed by atoms with van der Waals surface area (Å²) in [7, 11) is 0. The Hall–Kier alpha value is -0.790. The number of rotatable bonds is 55. The van der Waals surface area contributed by atoms with Gasteiger partial charge in [-0.15, -0.1) is 0 Å². The first-order valence-electron chi connectivity index (χ1n) is 29.5. The highest BCUT2D eigenvalue weighted by molar-refractivity contribution is 5.69. The van der Waals surface area contributed by atoms with E-state index in [0.29, 0.717) is 13.0 Å². The zero-order chi connectivity index (χ0) is 44.8. The van der Waals surface area contributed by atoms with Gasteiger partial charge in [0.1, 0.15) is 0 Å². The Morgan fingerprint density at radius 3 is 0.855 bits per heavy atom. The van der Waals surface area contributed by atoms with E-state index >= 15 is 0 Å². The van der Waals surface area contributed by atoms with Gasteiger partial charge in [0.25, 0.3) is 0 Å². The van der Waals surface area contributed by atoms with Crippen LogP contribution in [0.1, 0.15) is 355 Å². The first-order valence-corrected chi connectivity index (χ1v) is 29.5. The smallest absolute Gasteiger partial charge is 0.305 e. The fourth-order valence-electron chi connectivity index (χ4n) is 9.44. The Labute approximate surface area is 393 Å². The van der Waals surface area contributed by atoms with Gasteiger partial charge >= 0.3 is 5.97 Å². The molecule has 2 heteroatoms. The molecule has 0 bridgehead atoms. The SMILES string of the molecule is CCCCCCCCC=CCCCCCCCCCCCCCC(=O)OCCCCCCCCCCCCCCCCCCCCCCCCCCCCCCCCCC(C)C. The van der Waals surface area contributed by atoms with Crippen LogP contribution in [0.4, 0.5) is 0 Å². The molecule has 0 heterocycles. The number of hydrogen-bond donors (Lipinski definition) is 0. The van der Waals surface area contributed by atoms with E-state index in [-0.39, 0.29) is 5.97 Å². The van der Waals surface area contributed by atoms with Crippen LogP contribution in [0.3, 0.4) is 0 Å². The molecule has 0 N–H and O–H groups in total. The minimum absolute atomic E-state index is 0.0315. The molecule has 0 fully saturated rings. The van der Waals surface area contributed by atoms with Crippen LogP contribution in [0.2, 0.25) is 0 Å². The van der Waals surface area contributed by atoms with Crippen molar-refractivity contribution in [3.05, 3.63) is 12.2 Å². The van der Waals surface area contributed by atoms with E-state index in [0.717, 1.165) is 18.8 Å². The van der Waals surface area contributed by atoms with Crippen LogP contribution in [-0.4, -0.2) is 12.6 Å². The van der Waals surface area contributed by atoms with Crippen LogP contribution in [0, 0.1) is 5.92 Å². The molecule has 0 atom stereocenters. The number of allylic oxidation sites excluding steroid dienone is 2. The number of hydrogen-bond acceptors (Lipinski definition) is 2. The zero-order valence-electron chi connectivity index (χ0n) is 43.5. The van der Waals surface area contributed by atoms with Gasteiger partial charge in [-0.05, 0) is 44.4 Å². The first-order chi connectivity index (χ1) is 30.7. The average Bonchev–Trinajstić information content (AvgIpc) is 3.27. The van der Waals surface area contributed by atoms with Crippen molar-refractivity contribution in [2.45, 2.75) is 355 Å². The lowest BCUT2D eigenvalue weighted by Crippen LogP contribution is -2.05. The van der Waals surface area contributed by atoms with Crippen LogP contribution in [0.15, 0.2) is 12.2 Å². The molecule has 62 heavy (non-hydrogen) atoms. The predicted molar refractivity (Wildman–Crippen MR) is 281 cm³/mol. The molecular formula is C60H118O2. The second kappa shape index (κ2) is 56.3. The van der Waals surface area contributed by atoms with Crippen LogP contribution < -0.4 is 0 Å². The summed E-state index contributed by atoms with van der Waals surface area (Å²) in [6, 6.07) is 0. The van der Waals surface area contributed by atoms with Gasteiger partial charge in [0, 0.05) is 6.42 Å². The molecule has 370 valence electrons. The maximum absolute atomic E-state index is 12.1. The van der Waals surface area contributed by atoms with Crippen LogP contribution >= 0.6 is 0 Å². The number of carbonyl (C=O) groups is 1. The molecule has 0 aliphatic carbocycles. The van der Waals surface area contributed by atoms with E-state index in [1.807, 2.05) is 0 Å². The van der Waals surface area contributed by atoms with Crippen LogP contribution in [0.5, 0.6) is 0 Å². The summed E-state index contributed by atoms with van der Waals surface area (Å²) in [5.74, 6) is 0.920. The molecule has 0 unspecified atom stereocenters. The summed E-state index contributed by atoms with van der Waals surface area (Å²) in [6.07, 6.45) is 76.8. The van der Waals surface area contributed by atoms with Gasteiger partial charge in [0.05, 0.1) is 6.61 Å². The van der Waals surface area contributed by atoms with Crippen molar-refractivity contribution in [3.8, 4) is 0 Å². The molecule has 0 amide bonds. The molecule has 0 rings (SSSR count). The molecule has 0 spiro atoms. The topological polar surface area (TPSA) is 26.3 Å².